The van der Waals surface area contributed by atoms with Crippen LogP contribution in [0.4, 0.5) is 30.7 Å². The van der Waals surface area contributed by atoms with Gasteiger partial charge in [-0.2, -0.15) is 35.8 Å². The molecule has 14 heteroatoms. The number of benzene rings is 1. The first-order valence-electron chi connectivity index (χ1n) is 7.55. The summed E-state index contributed by atoms with van der Waals surface area (Å²) in [5.41, 5.74) is 0.369. The summed E-state index contributed by atoms with van der Waals surface area (Å²) in [5, 5.41) is 2.53. The third-order valence-electron chi connectivity index (χ3n) is 3.06. The predicted molar refractivity (Wildman–Crippen MR) is 86.8 cm³/mol. The lowest BCUT2D eigenvalue weighted by molar-refractivity contribution is -0.361. The minimum atomic E-state index is -6.50. The highest BCUT2D eigenvalue weighted by atomic mass is 35.5. The molecule has 1 N–H and O–H groups in total. The van der Waals surface area contributed by atoms with E-state index in [0.717, 1.165) is 19.2 Å². The van der Waals surface area contributed by atoms with Crippen molar-refractivity contribution >= 4 is 23.8 Å². The van der Waals surface area contributed by atoms with Crippen LogP contribution in [0, 0.1) is 0 Å². The van der Waals surface area contributed by atoms with E-state index in [1.165, 1.54) is 0 Å². The maximum Gasteiger partial charge on any atom is 0.462 e. The topological polar surface area (TPSA) is 69.1 Å². The van der Waals surface area contributed by atoms with Gasteiger partial charge in [0.2, 0.25) is 0 Å². The van der Waals surface area contributed by atoms with Gasteiger partial charge in [0.25, 0.3) is 0 Å². The Morgan fingerprint density at radius 1 is 1.17 bits per heavy atom. The van der Waals surface area contributed by atoms with Crippen molar-refractivity contribution in [3.05, 3.63) is 22.7 Å². The summed E-state index contributed by atoms with van der Waals surface area (Å²) >= 11 is 5.94. The number of rotatable bonds is 9. The lowest BCUT2D eigenvalue weighted by Crippen LogP contribution is -2.58. The first-order valence-corrected chi connectivity index (χ1v) is 7.93. The van der Waals surface area contributed by atoms with Gasteiger partial charge in [-0.25, -0.2) is 10.2 Å². The Balaban J connectivity index is 3.06. The molecule has 29 heavy (non-hydrogen) atoms. The molecule has 6 nitrogen and oxygen atoms in total. The average Bonchev–Trinajstić information content (AvgIpc) is 2.59. The number of hydrogen-bond acceptors (Lipinski definition) is 6. The van der Waals surface area contributed by atoms with Crippen LogP contribution >= 0.6 is 11.6 Å². The van der Waals surface area contributed by atoms with Crippen molar-refractivity contribution in [1.82, 2.24) is 5.43 Å². The Bertz CT molecular complexity index is 757. The van der Waals surface area contributed by atoms with Gasteiger partial charge in [0, 0.05) is 0 Å². The Kier molecular flexibility index (Phi) is 7.95. The molecule has 1 aromatic carbocycles. The molecule has 164 valence electrons. The molecule has 0 unspecified atom stereocenters. The van der Waals surface area contributed by atoms with E-state index in [2.05, 4.69) is 9.84 Å². The number of carbonyl (C=O) groups is 1. The summed E-state index contributed by atoms with van der Waals surface area (Å²) in [5.74, 6) is -7.29. The molecular formula is C15H14ClF7N2O4. The smallest absolute Gasteiger partial charge is 0.462 e. The zero-order valence-electron chi connectivity index (χ0n) is 14.8. The van der Waals surface area contributed by atoms with Crippen molar-refractivity contribution in [1.29, 1.82) is 0 Å². The van der Waals surface area contributed by atoms with Crippen LogP contribution < -0.4 is 14.9 Å². The number of hydrogen-bond donors (Lipinski definition) is 1. The number of halogens is 8. The third kappa shape index (κ3) is 6.02. The number of ether oxygens (including phenoxy) is 3. The van der Waals surface area contributed by atoms with Gasteiger partial charge in [0.15, 0.2) is 18.1 Å². The minimum Gasteiger partial charge on any atom is -0.490 e. The van der Waals surface area contributed by atoms with Crippen LogP contribution in [-0.2, 0) is 9.53 Å². The second kappa shape index (κ2) is 9.37. The highest BCUT2D eigenvalue weighted by Crippen LogP contribution is 2.45. The summed E-state index contributed by atoms with van der Waals surface area (Å²) in [7, 11) is 1.11. The molecule has 1 rings (SSSR count). The van der Waals surface area contributed by atoms with E-state index in [0.29, 0.717) is 11.6 Å². The van der Waals surface area contributed by atoms with E-state index in [9.17, 15) is 35.5 Å². The van der Waals surface area contributed by atoms with E-state index in [-0.39, 0.29) is 28.7 Å². The summed E-state index contributed by atoms with van der Waals surface area (Å²) in [6, 6.07) is -3.53. The SMILES string of the molecule is CCOc1cc(/C=N/NC(F)(F)C(F)(F)C(F)(F)F)cc(Cl)c1OCC(=O)OC. The first-order chi connectivity index (χ1) is 13.3. The Hall–Kier alpha value is -2.44. The van der Waals surface area contributed by atoms with Gasteiger partial charge in [0.05, 0.1) is 25.0 Å². The third-order valence-corrected chi connectivity index (χ3v) is 3.34. The second-order valence-corrected chi connectivity index (χ2v) is 5.55. The molecule has 0 bridgehead atoms. The van der Waals surface area contributed by atoms with Crippen LogP contribution in [0.15, 0.2) is 17.2 Å². The van der Waals surface area contributed by atoms with Crippen LogP contribution in [0.5, 0.6) is 11.5 Å². The molecule has 0 aliphatic heterocycles. The lowest BCUT2D eigenvalue weighted by atomic mass is 10.2. The Morgan fingerprint density at radius 3 is 2.31 bits per heavy atom. The fourth-order valence-corrected chi connectivity index (χ4v) is 1.97. The number of nitrogens with one attached hydrogen (secondary N) is 1. The molecule has 0 heterocycles. The van der Waals surface area contributed by atoms with Gasteiger partial charge in [-0.3, -0.25) is 0 Å². The normalized spacial score (nSPS) is 12.8. The quantitative estimate of drug-likeness (QED) is 0.201. The molecule has 0 aliphatic carbocycles. The average molecular weight is 455 g/mol. The molecule has 1 aromatic rings. The van der Waals surface area contributed by atoms with Crippen LogP contribution in [-0.4, -0.2) is 50.7 Å². The van der Waals surface area contributed by atoms with E-state index in [4.69, 9.17) is 21.1 Å². The van der Waals surface area contributed by atoms with E-state index >= 15 is 0 Å². The number of esters is 1. The monoisotopic (exact) mass is 454 g/mol. The number of hydrazone groups is 1. The molecule has 0 aromatic heterocycles. The number of alkyl halides is 7. The van der Waals surface area contributed by atoms with Crippen molar-refractivity contribution in [3.63, 3.8) is 0 Å². The number of nitrogens with zero attached hydrogens (tertiary/aromatic N) is 1. The van der Waals surface area contributed by atoms with E-state index in [1.54, 1.807) is 6.92 Å². The predicted octanol–water partition coefficient (Wildman–Crippen LogP) is 4.00. The molecule has 0 aliphatic rings. The van der Waals surface area contributed by atoms with Gasteiger partial charge in [-0.1, -0.05) is 11.6 Å². The summed E-state index contributed by atoms with van der Waals surface area (Å²) in [4.78, 5) is 11.1. The minimum absolute atomic E-state index is 0.0715. The Labute approximate surface area is 164 Å². The zero-order valence-corrected chi connectivity index (χ0v) is 15.5. The van der Waals surface area contributed by atoms with Gasteiger partial charge >= 0.3 is 24.1 Å². The van der Waals surface area contributed by atoms with Crippen molar-refractivity contribution in [2.45, 2.75) is 25.1 Å². The van der Waals surface area contributed by atoms with E-state index in [1.807, 2.05) is 0 Å². The van der Waals surface area contributed by atoms with Gasteiger partial charge in [-0.05, 0) is 24.6 Å². The fraction of sp³-hybridized carbons (Fsp3) is 0.467. The molecule has 0 spiro atoms. The van der Waals surface area contributed by atoms with Crippen molar-refractivity contribution in [2.24, 2.45) is 5.10 Å². The maximum atomic E-state index is 13.1. The molecule has 0 amide bonds. The van der Waals surface area contributed by atoms with Crippen molar-refractivity contribution < 1.29 is 49.7 Å². The van der Waals surface area contributed by atoms with Gasteiger partial charge in [-0.15, -0.1) is 0 Å². The van der Waals surface area contributed by atoms with Gasteiger partial charge in [0.1, 0.15) is 0 Å². The molecular weight excluding hydrogens is 441 g/mol. The van der Waals surface area contributed by atoms with Gasteiger partial charge < -0.3 is 14.2 Å². The summed E-state index contributed by atoms with van der Waals surface area (Å²) in [6.07, 6.45) is -5.98. The Morgan fingerprint density at radius 2 is 1.79 bits per heavy atom. The van der Waals surface area contributed by atoms with Crippen LogP contribution in [0.1, 0.15) is 12.5 Å². The fourth-order valence-electron chi connectivity index (χ4n) is 1.69. The first kappa shape index (κ1) is 24.6. The molecule has 0 radical (unpaired) electrons. The summed E-state index contributed by atoms with van der Waals surface area (Å²) in [6.45, 7) is 1.11. The molecule has 0 saturated carbocycles. The van der Waals surface area contributed by atoms with Crippen LogP contribution in [0.2, 0.25) is 5.02 Å². The lowest BCUT2D eigenvalue weighted by Gasteiger charge is -2.27. The summed E-state index contributed by atoms with van der Waals surface area (Å²) < 4.78 is 103. The number of methoxy groups -OCH3 is 1. The molecule has 0 saturated heterocycles. The van der Waals surface area contributed by atoms with Crippen molar-refractivity contribution in [3.8, 4) is 11.5 Å². The van der Waals surface area contributed by atoms with Crippen molar-refractivity contribution in [2.75, 3.05) is 20.3 Å². The largest absolute Gasteiger partial charge is 0.490 e. The highest BCUT2D eigenvalue weighted by Gasteiger charge is 2.73. The maximum absolute atomic E-state index is 13.1. The number of carbonyl (C=O) groups excluding carboxylic acids is 1. The zero-order chi connectivity index (χ0) is 22.5. The van der Waals surface area contributed by atoms with Crippen LogP contribution in [0.25, 0.3) is 0 Å². The van der Waals surface area contributed by atoms with Crippen LogP contribution in [0.3, 0.4) is 0 Å². The van der Waals surface area contributed by atoms with E-state index < -0.39 is 30.7 Å². The molecule has 0 fully saturated rings. The standard InChI is InChI=1S/C15H14ClF7N2O4/c1-3-28-10-5-8(4-9(16)12(10)29-7-11(26)27-2)6-24-25-15(22,23)13(17,18)14(19,20)21/h4-6,25H,3,7H2,1-2H3/b24-6+. The second-order valence-electron chi connectivity index (χ2n) is 5.14. The molecule has 0 atom stereocenters. The highest BCUT2D eigenvalue weighted by molar-refractivity contribution is 6.32.